The zero-order valence-corrected chi connectivity index (χ0v) is 5.51. The van der Waals surface area contributed by atoms with Crippen molar-refractivity contribution in [3.05, 3.63) is 24.3 Å². The van der Waals surface area contributed by atoms with Crippen LogP contribution in [0.15, 0.2) is 24.3 Å². The molecule has 1 aliphatic carbocycles. The average molecular weight is 124 g/mol. The summed E-state index contributed by atoms with van der Waals surface area (Å²) in [4.78, 5) is 0. The van der Waals surface area contributed by atoms with Crippen LogP contribution in [-0.4, -0.2) is 11.2 Å². The van der Waals surface area contributed by atoms with Gasteiger partial charge in [0.2, 0.25) is 0 Å². The molecule has 1 heteroatoms. The zero-order valence-electron chi connectivity index (χ0n) is 5.51. The predicted molar refractivity (Wildman–Crippen MR) is 38.1 cm³/mol. The first kappa shape index (κ1) is 6.56. The first-order chi connectivity index (χ1) is 4.33. The van der Waals surface area contributed by atoms with Gasteiger partial charge in [0, 0.05) is 0 Å². The molecule has 0 aliphatic heterocycles. The third-order valence-corrected chi connectivity index (χ3v) is 1.58. The van der Waals surface area contributed by atoms with Crippen LogP contribution in [0.4, 0.5) is 0 Å². The lowest BCUT2D eigenvalue weighted by atomic mass is 10.1. The largest absolute Gasteiger partial charge is 0.392 e. The van der Waals surface area contributed by atoms with Crippen molar-refractivity contribution in [1.82, 2.24) is 0 Å². The third-order valence-electron chi connectivity index (χ3n) is 1.58. The van der Waals surface area contributed by atoms with Gasteiger partial charge in [0.1, 0.15) is 0 Å². The molecule has 1 rings (SSSR count). The van der Waals surface area contributed by atoms with E-state index < -0.39 is 0 Å². The number of rotatable bonds is 2. The highest BCUT2D eigenvalue weighted by molar-refractivity contribution is 5.13. The lowest BCUT2D eigenvalue weighted by molar-refractivity contribution is 0.187. The Morgan fingerprint density at radius 3 is 3.11 bits per heavy atom. The van der Waals surface area contributed by atoms with Gasteiger partial charge in [-0.05, 0) is 19.3 Å². The minimum absolute atomic E-state index is 0.111. The van der Waals surface area contributed by atoms with E-state index in [0.717, 1.165) is 19.3 Å². The Kier molecular flexibility index (Phi) is 2.06. The van der Waals surface area contributed by atoms with Crippen LogP contribution >= 0.6 is 0 Å². The van der Waals surface area contributed by atoms with E-state index in [1.54, 1.807) is 0 Å². The fourth-order valence-corrected chi connectivity index (χ4v) is 1.12. The molecule has 0 saturated heterocycles. The summed E-state index contributed by atoms with van der Waals surface area (Å²) in [5.74, 6) is 0. The van der Waals surface area contributed by atoms with Gasteiger partial charge in [0.25, 0.3) is 0 Å². The molecule has 0 aromatic heterocycles. The monoisotopic (exact) mass is 124 g/mol. The molecule has 0 bridgehead atoms. The topological polar surface area (TPSA) is 20.2 Å². The maximum Gasteiger partial charge on any atom is 0.0611 e. The van der Waals surface area contributed by atoms with Crippen LogP contribution in [0.3, 0.4) is 0 Å². The number of allylic oxidation sites excluding steroid dienone is 1. The molecule has 1 nitrogen and oxygen atoms in total. The van der Waals surface area contributed by atoms with Gasteiger partial charge in [-0.2, -0.15) is 0 Å². The van der Waals surface area contributed by atoms with E-state index in [1.807, 2.05) is 6.08 Å². The van der Waals surface area contributed by atoms with E-state index in [4.69, 9.17) is 5.11 Å². The SMILES string of the molecule is C=CCC1=CC[C@H](O)C1. The van der Waals surface area contributed by atoms with Crippen molar-refractivity contribution in [3.63, 3.8) is 0 Å². The van der Waals surface area contributed by atoms with Gasteiger partial charge < -0.3 is 5.11 Å². The molecule has 0 aromatic carbocycles. The summed E-state index contributed by atoms with van der Waals surface area (Å²) in [6, 6.07) is 0. The molecule has 1 aliphatic rings. The minimum Gasteiger partial charge on any atom is -0.392 e. The Morgan fingerprint density at radius 1 is 1.89 bits per heavy atom. The molecule has 0 radical (unpaired) electrons. The summed E-state index contributed by atoms with van der Waals surface area (Å²) in [6.45, 7) is 3.63. The van der Waals surface area contributed by atoms with Gasteiger partial charge in [-0.15, -0.1) is 6.58 Å². The molecule has 50 valence electrons. The van der Waals surface area contributed by atoms with Crippen molar-refractivity contribution < 1.29 is 5.11 Å². The maximum absolute atomic E-state index is 9.04. The van der Waals surface area contributed by atoms with E-state index in [-0.39, 0.29) is 6.10 Å². The van der Waals surface area contributed by atoms with Crippen LogP contribution in [0.2, 0.25) is 0 Å². The van der Waals surface area contributed by atoms with Crippen LogP contribution in [0.25, 0.3) is 0 Å². The molecule has 1 N–H and O–H groups in total. The second-order valence-electron chi connectivity index (χ2n) is 2.45. The van der Waals surface area contributed by atoms with Crippen molar-refractivity contribution in [2.75, 3.05) is 0 Å². The quantitative estimate of drug-likeness (QED) is 0.555. The lowest BCUT2D eigenvalue weighted by Gasteiger charge is -1.98. The van der Waals surface area contributed by atoms with Crippen molar-refractivity contribution >= 4 is 0 Å². The third kappa shape index (κ3) is 1.68. The standard InChI is InChI=1S/C8H12O/c1-2-3-7-4-5-8(9)6-7/h2,4,8-9H,1,3,5-6H2/t8-/m0/s1. The van der Waals surface area contributed by atoms with Gasteiger partial charge in [-0.3, -0.25) is 0 Å². The normalized spacial score (nSPS) is 25.9. The predicted octanol–water partition coefficient (Wildman–Crippen LogP) is 1.64. The number of aliphatic hydroxyl groups is 1. The molecule has 1 atom stereocenters. The summed E-state index contributed by atoms with van der Waals surface area (Å²) >= 11 is 0. The minimum atomic E-state index is -0.111. The first-order valence-electron chi connectivity index (χ1n) is 3.30. The van der Waals surface area contributed by atoms with E-state index in [0.29, 0.717) is 0 Å². The van der Waals surface area contributed by atoms with Gasteiger partial charge in [0.05, 0.1) is 6.10 Å². The Hall–Kier alpha value is -0.560. The second-order valence-corrected chi connectivity index (χ2v) is 2.45. The summed E-state index contributed by atoms with van der Waals surface area (Å²) < 4.78 is 0. The average Bonchev–Trinajstić information content (AvgIpc) is 2.17. The van der Waals surface area contributed by atoms with Crippen molar-refractivity contribution in [1.29, 1.82) is 0 Å². The molecular weight excluding hydrogens is 112 g/mol. The van der Waals surface area contributed by atoms with Gasteiger partial charge >= 0.3 is 0 Å². The molecule has 0 aromatic rings. The molecular formula is C8H12O. The smallest absolute Gasteiger partial charge is 0.0611 e. The summed E-state index contributed by atoms with van der Waals surface area (Å²) in [6.07, 6.45) is 6.50. The van der Waals surface area contributed by atoms with E-state index >= 15 is 0 Å². The molecule has 0 amide bonds. The fourth-order valence-electron chi connectivity index (χ4n) is 1.12. The highest BCUT2D eigenvalue weighted by Gasteiger charge is 2.11. The number of hydrogen-bond acceptors (Lipinski definition) is 1. The van der Waals surface area contributed by atoms with E-state index in [9.17, 15) is 0 Å². The molecule has 0 unspecified atom stereocenters. The van der Waals surface area contributed by atoms with Gasteiger partial charge in [-0.25, -0.2) is 0 Å². The van der Waals surface area contributed by atoms with Crippen LogP contribution in [0.5, 0.6) is 0 Å². The Labute approximate surface area is 55.7 Å². The van der Waals surface area contributed by atoms with Crippen LogP contribution < -0.4 is 0 Å². The molecule has 0 heterocycles. The van der Waals surface area contributed by atoms with Crippen molar-refractivity contribution in [3.8, 4) is 0 Å². The highest BCUT2D eigenvalue weighted by atomic mass is 16.3. The Balaban J connectivity index is 2.35. The maximum atomic E-state index is 9.04. The fraction of sp³-hybridized carbons (Fsp3) is 0.500. The van der Waals surface area contributed by atoms with E-state index in [1.165, 1.54) is 5.57 Å². The Morgan fingerprint density at radius 2 is 2.67 bits per heavy atom. The summed E-state index contributed by atoms with van der Waals surface area (Å²) in [5, 5.41) is 9.04. The second kappa shape index (κ2) is 2.83. The molecule has 9 heavy (non-hydrogen) atoms. The van der Waals surface area contributed by atoms with Crippen molar-refractivity contribution in [2.24, 2.45) is 0 Å². The first-order valence-corrected chi connectivity index (χ1v) is 3.30. The number of hydrogen-bond donors (Lipinski definition) is 1. The molecule has 0 fully saturated rings. The Bertz CT molecular complexity index is 136. The highest BCUT2D eigenvalue weighted by Crippen LogP contribution is 2.20. The van der Waals surface area contributed by atoms with Crippen molar-refractivity contribution in [2.45, 2.75) is 25.4 Å². The molecule has 0 spiro atoms. The lowest BCUT2D eigenvalue weighted by Crippen LogP contribution is -1.97. The van der Waals surface area contributed by atoms with Gasteiger partial charge in [0.15, 0.2) is 0 Å². The van der Waals surface area contributed by atoms with Crippen LogP contribution in [0, 0.1) is 0 Å². The van der Waals surface area contributed by atoms with Crippen LogP contribution in [-0.2, 0) is 0 Å². The van der Waals surface area contributed by atoms with Gasteiger partial charge in [-0.1, -0.05) is 17.7 Å². The molecule has 0 saturated carbocycles. The number of aliphatic hydroxyl groups excluding tert-OH is 1. The zero-order chi connectivity index (χ0) is 6.69. The van der Waals surface area contributed by atoms with E-state index in [2.05, 4.69) is 12.7 Å². The van der Waals surface area contributed by atoms with Crippen LogP contribution in [0.1, 0.15) is 19.3 Å². The summed E-state index contributed by atoms with van der Waals surface area (Å²) in [7, 11) is 0. The summed E-state index contributed by atoms with van der Waals surface area (Å²) in [5.41, 5.74) is 1.33.